The van der Waals surface area contributed by atoms with Gasteiger partial charge >= 0.3 is 0 Å². The van der Waals surface area contributed by atoms with Gasteiger partial charge in [0.15, 0.2) is 0 Å². The van der Waals surface area contributed by atoms with E-state index in [2.05, 4.69) is 19.2 Å². The smallest absolute Gasteiger partial charge is 0.251 e. The molecular formula is C17H24ClNO. The van der Waals surface area contributed by atoms with Crippen LogP contribution in [0, 0.1) is 11.8 Å². The van der Waals surface area contributed by atoms with Gasteiger partial charge < -0.3 is 5.32 Å². The Balaban J connectivity index is 1.88. The summed E-state index contributed by atoms with van der Waals surface area (Å²) in [6, 6.07) is 7.91. The van der Waals surface area contributed by atoms with E-state index in [0.717, 1.165) is 12.1 Å². The van der Waals surface area contributed by atoms with Crippen molar-refractivity contribution >= 4 is 17.5 Å². The summed E-state index contributed by atoms with van der Waals surface area (Å²) in [7, 11) is 0. The van der Waals surface area contributed by atoms with Crippen molar-refractivity contribution < 1.29 is 4.79 Å². The minimum atomic E-state index is 0.0283. The highest BCUT2D eigenvalue weighted by Crippen LogP contribution is 2.31. The summed E-state index contributed by atoms with van der Waals surface area (Å²) in [5, 5.41) is 3.06. The Morgan fingerprint density at radius 3 is 2.50 bits per heavy atom. The van der Waals surface area contributed by atoms with E-state index in [9.17, 15) is 4.79 Å². The van der Waals surface area contributed by atoms with Gasteiger partial charge in [-0.1, -0.05) is 32.4 Å². The highest BCUT2D eigenvalue weighted by atomic mass is 35.5. The van der Waals surface area contributed by atoms with Crippen molar-refractivity contribution in [2.24, 2.45) is 11.8 Å². The van der Waals surface area contributed by atoms with Crippen LogP contribution in [0.3, 0.4) is 0 Å². The first-order chi connectivity index (χ1) is 9.61. The molecule has 2 rings (SSSR count). The summed E-state index contributed by atoms with van der Waals surface area (Å²) in [5.74, 6) is 2.35. The third kappa shape index (κ3) is 3.76. The van der Waals surface area contributed by atoms with Crippen LogP contribution < -0.4 is 5.32 Å². The normalized spacial score (nSPS) is 22.2. The number of hydrogen-bond donors (Lipinski definition) is 1. The van der Waals surface area contributed by atoms with E-state index < -0.39 is 0 Å². The maximum atomic E-state index is 12.1. The first kappa shape index (κ1) is 15.4. The molecule has 110 valence electrons. The van der Waals surface area contributed by atoms with Crippen LogP contribution in [-0.2, 0) is 0 Å². The van der Waals surface area contributed by atoms with Crippen LogP contribution in [-0.4, -0.2) is 18.3 Å². The van der Waals surface area contributed by atoms with Crippen molar-refractivity contribution in [1.29, 1.82) is 0 Å². The molecule has 1 fully saturated rings. The van der Waals surface area contributed by atoms with Crippen LogP contribution in [0.25, 0.3) is 0 Å². The van der Waals surface area contributed by atoms with Gasteiger partial charge in [0, 0.05) is 18.0 Å². The molecule has 0 heterocycles. The van der Waals surface area contributed by atoms with Crippen LogP contribution >= 0.6 is 11.6 Å². The van der Waals surface area contributed by atoms with Crippen molar-refractivity contribution in [3.05, 3.63) is 35.4 Å². The summed E-state index contributed by atoms with van der Waals surface area (Å²) in [5.41, 5.74) is 2.01. The van der Waals surface area contributed by atoms with E-state index in [1.165, 1.54) is 24.8 Å². The first-order valence-corrected chi connectivity index (χ1v) is 8.09. The topological polar surface area (TPSA) is 29.1 Å². The molecule has 0 saturated heterocycles. The molecule has 0 aromatic heterocycles. The van der Waals surface area contributed by atoms with Crippen LogP contribution in [0.5, 0.6) is 0 Å². The average Bonchev–Trinajstić information content (AvgIpc) is 2.92. The van der Waals surface area contributed by atoms with Gasteiger partial charge in [-0.05, 0) is 48.3 Å². The third-order valence-electron chi connectivity index (χ3n) is 4.38. The van der Waals surface area contributed by atoms with Gasteiger partial charge in [-0.3, -0.25) is 4.79 Å². The number of hydrogen-bond acceptors (Lipinski definition) is 1. The van der Waals surface area contributed by atoms with Crippen molar-refractivity contribution in [3.8, 4) is 0 Å². The van der Waals surface area contributed by atoms with Crippen molar-refractivity contribution in [2.75, 3.05) is 12.4 Å². The fourth-order valence-electron chi connectivity index (χ4n) is 2.93. The zero-order valence-electron chi connectivity index (χ0n) is 12.4. The fourth-order valence-corrected chi connectivity index (χ4v) is 3.34. The highest BCUT2D eigenvalue weighted by Gasteiger charge is 2.26. The quantitative estimate of drug-likeness (QED) is 0.810. The number of rotatable bonds is 5. The van der Waals surface area contributed by atoms with Crippen molar-refractivity contribution in [2.45, 2.75) is 39.0 Å². The van der Waals surface area contributed by atoms with Gasteiger partial charge in [-0.15, -0.1) is 11.6 Å². The van der Waals surface area contributed by atoms with Crippen molar-refractivity contribution in [3.63, 3.8) is 0 Å². The molecule has 20 heavy (non-hydrogen) atoms. The van der Waals surface area contributed by atoms with E-state index in [1.807, 2.05) is 24.3 Å². The second-order valence-corrected chi connectivity index (χ2v) is 6.40. The molecule has 0 aliphatic heterocycles. The number of nitrogens with one attached hydrogen (secondary N) is 1. The molecule has 1 amide bonds. The molecule has 2 nitrogen and oxygen atoms in total. The van der Waals surface area contributed by atoms with Crippen LogP contribution in [0.4, 0.5) is 0 Å². The third-order valence-corrected chi connectivity index (χ3v) is 4.78. The first-order valence-electron chi connectivity index (χ1n) is 7.56. The Kier molecular flexibility index (Phi) is 5.47. The Morgan fingerprint density at radius 2 is 1.90 bits per heavy atom. The summed E-state index contributed by atoms with van der Waals surface area (Å²) in [4.78, 5) is 12.1. The van der Waals surface area contributed by atoms with E-state index in [0.29, 0.717) is 23.6 Å². The lowest BCUT2D eigenvalue weighted by Crippen LogP contribution is -2.31. The SMILES string of the molecule is CC(C)c1ccc(C(=O)NCC2CCCC2CCl)cc1. The minimum absolute atomic E-state index is 0.0283. The molecule has 1 aromatic carbocycles. The molecule has 2 unspecified atom stereocenters. The number of amides is 1. The Morgan fingerprint density at radius 1 is 1.25 bits per heavy atom. The molecule has 1 saturated carbocycles. The minimum Gasteiger partial charge on any atom is -0.352 e. The lowest BCUT2D eigenvalue weighted by molar-refractivity contribution is 0.0944. The molecule has 0 radical (unpaired) electrons. The molecule has 3 heteroatoms. The largest absolute Gasteiger partial charge is 0.352 e. The average molecular weight is 294 g/mol. The lowest BCUT2D eigenvalue weighted by Gasteiger charge is -2.17. The van der Waals surface area contributed by atoms with E-state index in [4.69, 9.17) is 11.6 Å². The molecule has 1 N–H and O–H groups in total. The van der Waals surface area contributed by atoms with Crippen LogP contribution in [0.1, 0.15) is 54.9 Å². The van der Waals surface area contributed by atoms with E-state index >= 15 is 0 Å². The Hall–Kier alpha value is -1.02. The fraction of sp³-hybridized carbons (Fsp3) is 0.588. The molecule has 0 bridgehead atoms. The summed E-state index contributed by atoms with van der Waals surface area (Å²) in [6.07, 6.45) is 3.62. The van der Waals surface area contributed by atoms with E-state index in [1.54, 1.807) is 0 Å². The van der Waals surface area contributed by atoms with Crippen LogP contribution in [0.2, 0.25) is 0 Å². The zero-order chi connectivity index (χ0) is 14.5. The second kappa shape index (κ2) is 7.12. The van der Waals surface area contributed by atoms with E-state index in [-0.39, 0.29) is 5.91 Å². The number of carbonyl (C=O) groups excluding carboxylic acids is 1. The van der Waals surface area contributed by atoms with Gasteiger partial charge in [-0.2, -0.15) is 0 Å². The number of carbonyl (C=O) groups is 1. The van der Waals surface area contributed by atoms with Gasteiger partial charge in [0.1, 0.15) is 0 Å². The summed E-state index contributed by atoms with van der Waals surface area (Å²) < 4.78 is 0. The number of halogens is 1. The molecular weight excluding hydrogens is 270 g/mol. The maximum Gasteiger partial charge on any atom is 0.251 e. The van der Waals surface area contributed by atoms with Gasteiger partial charge in [0.05, 0.1) is 0 Å². The number of alkyl halides is 1. The summed E-state index contributed by atoms with van der Waals surface area (Å²) >= 11 is 5.97. The molecule has 1 aliphatic carbocycles. The zero-order valence-corrected chi connectivity index (χ0v) is 13.1. The Bertz CT molecular complexity index is 441. The maximum absolute atomic E-state index is 12.1. The standard InChI is InChI=1S/C17H24ClNO/c1-12(2)13-6-8-14(9-7-13)17(20)19-11-16-5-3-4-15(16)10-18/h6-9,12,15-16H,3-5,10-11H2,1-2H3,(H,19,20). The molecule has 1 aromatic rings. The monoisotopic (exact) mass is 293 g/mol. The Labute approximate surface area is 126 Å². The molecule has 1 aliphatic rings. The van der Waals surface area contributed by atoms with Crippen LogP contribution in [0.15, 0.2) is 24.3 Å². The predicted molar refractivity (Wildman–Crippen MR) is 84.4 cm³/mol. The highest BCUT2D eigenvalue weighted by molar-refractivity contribution is 6.18. The summed E-state index contributed by atoms with van der Waals surface area (Å²) in [6.45, 7) is 5.06. The molecule has 0 spiro atoms. The van der Waals surface area contributed by atoms with Gasteiger partial charge in [0.25, 0.3) is 5.91 Å². The van der Waals surface area contributed by atoms with Gasteiger partial charge in [-0.25, -0.2) is 0 Å². The van der Waals surface area contributed by atoms with Gasteiger partial charge in [0.2, 0.25) is 0 Å². The molecule has 2 atom stereocenters. The predicted octanol–water partition coefficient (Wildman–Crippen LogP) is 4.19. The second-order valence-electron chi connectivity index (χ2n) is 6.09. The number of benzene rings is 1. The van der Waals surface area contributed by atoms with Crippen molar-refractivity contribution in [1.82, 2.24) is 5.32 Å². The lowest BCUT2D eigenvalue weighted by atomic mass is 9.97.